The Morgan fingerprint density at radius 2 is 0.667 bits per heavy atom. The van der Waals surface area contributed by atoms with Gasteiger partial charge in [-0.3, -0.25) is 0 Å². The first-order valence-electron chi connectivity index (χ1n) is 11.7. The predicted octanol–water partition coefficient (Wildman–Crippen LogP) is 9.32. The van der Waals surface area contributed by atoms with Crippen LogP contribution in [0.1, 0.15) is 143 Å². The van der Waals surface area contributed by atoms with Crippen molar-refractivity contribution < 1.29 is 0 Å². The van der Waals surface area contributed by atoms with Crippen molar-refractivity contribution in [1.29, 1.82) is 0 Å². The van der Waals surface area contributed by atoms with Gasteiger partial charge in [0.1, 0.15) is 0 Å². The van der Waals surface area contributed by atoms with Gasteiger partial charge in [0.2, 0.25) is 0 Å². The highest BCUT2D eigenvalue weighted by Crippen LogP contribution is 2.22. The van der Waals surface area contributed by atoms with Gasteiger partial charge in [-0.25, -0.2) is 0 Å². The molecule has 0 aliphatic heterocycles. The van der Waals surface area contributed by atoms with Crippen molar-refractivity contribution in [3.05, 3.63) is 0 Å². The summed E-state index contributed by atoms with van der Waals surface area (Å²) in [5, 5.41) is 0. The minimum atomic E-state index is 0.956. The third kappa shape index (κ3) is 18.3. The number of rotatable bonds is 19. The normalized spacial score (nSPS) is 14.0. The van der Waals surface area contributed by atoms with Gasteiger partial charge in [0, 0.05) is 0 Å². The van der Waals surface area contributed by atoms with Gasteiger partial charge in [-0.2, -0.15) is 0 Å². The monoisotopic (exact) mass is 338 g/mol. The van der Waals surface area contributed by atoms with E-state index in [1.165, 1.54) is 116 Å². The summed E-state index contributed by atoms with van der Waals surface area (Å²) >= 11 is 0. The van der Waals surface area contributed by atoms with E-state index in [2.05, 4.69) is 27.7 Å². The van der Waals surface area contributed by atoms with Gasteiger partial charge in [-0.15, -0.1) is 0 Å². The fourth-order valence-corrected chi connectivity index (χ4v) is 3.76. The highest BCUT2D eigenvalue weighted by atomic mass is 14.1. The molecule has 0 fully saturated rings. The van der Waals surface area contributed by atoms with Crippen molar-refractivity contribution in [1.82, 2.24) is 0 Å². The molecule has 0 spiro atoms. The summed E-state index contributed by atoms with van der Waals surface area (Å²) in [6, 6.07) is 0. The van der Waals surface area contributed by atoms with Crippen molar-refractivity contribution in [2.24, 2.45) is 11.8 Å². The van der Waals surface area contributed by atoms with E-state index in [9.17, 15) is 0 Å². The third-order valence-corrected chi connectivity index (χ3v) is 5.75. The van der Waals surface area contributed by atoms with E-state index >= 15 is 0 Å². The lowest BCUT2D eigenvalue weighted by Crippen LogP contribution is -2.01. The Labute approximate surface area is 155 Å². The van der Waals surface area contributed by atoms with Crippen molar-refractivity contribution in [3.63, 3.8) is 0 Å². The van der Waals surface area contributed by atoms with Crippen molar-refractivity contribution in [2.75, 3.05) is 0 Å². The second-order valence-electron chi connectivity index (χ2n) is 8.61. The minimum absolute atomic E-state index is 0.956. The van der Waals surface area contributed by atoms with Crippen LogP contribution in [0.15, 0.2) is 0 Å². The summed E-state index contributed by atoms with van der Waals surface area (Å²) in [6.07, 6.45) is 26.2. The fraction of sp³-hybridized carbons (Fsp3) is 1.00. The molecule has 24 heavy (non-hydrogen) atoms. The molecule has 0 aromatic carbocycles. The van der Waals surface area contributed by atoms with Crippen LogP contribution < -0.4 is 0 Å². The smallest absolute Gasteiger partial charge is 0.0443 e. The average Bonchev–Trinajstić information content (AvgIpc) is 2.58. The fourth-order valence-electron chi connectivity index (χ4n) is 3.76. The molecule has 0 bridgehead atoms. The maximum atomic E-state index is 2.48. The molecule has 0 nitrogen and oxygen atoms in total. The van der Waals surface area contributed by atoms with Crippen LogP contribution in [-0.4, -0.2) is 0 Å². The van der Waals surface area contributed by atoms with Gasteiger partial charge in [-0.1, -0.05) is 143 Å². The van der Waals surface area contributed by atoms with Crippen molar-refractivity contribution in [3.8, 4) is 0 Å². The van der Waals surface area contributed by atoms with E-state index in [4.69, 9.17) is 0 Å². The Morgan fingerprint density at radius 3 is 1.00 bits per heavy atom. The Kier molecular flexibility index (Phi) is 19.3. The summed E-state index contributed by atoms with van der Waals surface area (Å²) in [6.45, 7) is 9.57. The largest absolute Gasteiger partial charge is 0.0654 e. The molecule has 2 atom stereocenters. The molecule has 0 amide bonds. The molecular formula is C24H50. The molecule has 0 heteroatoms. The molecule has 0 N–H and O–H groups in total. The molecule has 0 heterocycles. The van der Waals surface area contributed by atoms with Crippen LogP contribution >= 0.6 is 0 Å². The quantitative estimate of drug-likeness (QED) is 0.206. The highest BCUT2D eigenvalue weighted by molar-refractivity contribution is 4.60. The van der Waals surface area contributed by atoms with Crippen LogP contribution in [0.5, 0.6) is 0 Å². The topological polar surface area (TPSA) is 0 Å². The lowest BCUT2D eigenvalue weighted by molar-refractivity contribution is 0.377. The SMILES string of the molecule is CCCCCCCCCC(C)CCC(C)CCCCCCCCC. The van der Waals surface area contributed by atoms with Crippen LogP contribution in [-0.2, 0) is 0 Å². The molecular weight excluding hydrogens is 288 g/mol. The Hall–Kier alpha value is 0. The predicted molar refractivity (Wildman–Crippen MR) is 113 cm³/mol. The zero-order valence-electron chi connectivity index (χ0n) is 17.9. The first-order valence-corrected chi connectivity index (χ1v) is 11.7. The number of hydrogen-bond acceptors (Lipinski definition) is 0. The molecule has 0 aromatic rings. The standard InChI is InChI=1S/C24H50/c1-5-7-9-11-13-15-17-19-23(3)21-22-24(4)20-18-16-14-12-10-8-6-2/h23-24H,5-22H2,1-4H3. The minimum Gasteiger partial charge on any atom is -0.0654 e. The van der Waals surface area contributed by atoms with Crippen LogP contribution in [0.2, 0.25) is 0 Å². The molecule has 0 saturated heterocycles. The van der Waals surface area contributed by atoms with Gasteiger partial charge in [0.05, 0.1) is 0 Å². The Balaban J connectivity index is 3.31. The van der Waals surface area contributed by atoms with Crippen LogP contribution in [0.4, 0.5) is 0 Å². The van der Waals surface area contributed by atoms with Crippen molar-refractivity contribution in [2.45, 2.75) is 143 Å². The van der Waals surface area contributed by atoms with E-state index in [1.807, 2.05) is 0 Å². The van der Waals surface area contributed by atoms with E-state index in [0.717, 1.165) is 11.8 Å². The highest BCUT2D eigenvalue weighted by Gasteiger charge is 2.07. The second kappa shape index (κ2) is 19.3. The number of hydrogen-bond donors (Lipinski definition) is 0. The van der Waals surface area contributed by atoms with E-state index in [0.29, 0.717) is 0 Å². The van der Waals surface area contributed by atoms with Crippen molar-refractivity contribution >= 4 is 0 Å². The third-order valence-electron chi connectivity index (χ3n) is 5.75. The van der Waals surface area contributed by atoms with Crippen LogP contribution in [0, 0.1) is 11.8 Å². The van der Waals surface area contributed by atoms with Crippen LogP contribution in [0.25, 0.3) is 0 Å². The average molecular weight is 339 g/mol. The molecule has 0 rings (SSSR count). The lowest BCUT2D eigenvalue weighted by atomic mass is 9.91. The van der Waals surface area contributed by atoms with E-state index in [1.54, 1.807) is 0 Å². The van der Waals surface area contributed by atoms with Crippen LogP contribution in [0.3, 0.4) is 0 Å². The van der Waals surface area contributed by atoms with Gasteiger partial charge in [-0.05, 0) is 11.8 Å². The van der Waals surface area contributed by atoms with Gasteiger partial charge < -0.3 is 0 Å². The Morgan fingerprint density at radius 1 is 0.375 bits per heavy atom. The maximum Gasteiger partial charge on any atom is -0.0443 e. The molecule has 0 aromatic heterocycles. The van der Waals surface area contributed by atoms with E-state index in [-0.39, 0.29) is 0 Å². The van der Waals surface area contributed by atoms with Gasteiger partial charge in [0.15, 0.2) is 0 Å². The summed E-state index contributed by atoms with van der Waals surface area (Å²) in [7, 11) is 0. The zero-order valence-corrected chi connectivity index (χ0v) is 17.9. The lowest BCUT2D eigenvalue weighted by Gasteiger charge is -2.15. The summed E-state index contributed by atoms with van der Waals surface area (Å²) in [5.41, 5.74) is 0. The summed E-state index contributed by atoms with van der Waals surface area (Å²) in [4.78, 5) is 0. The van der Waals surface area contributed by atoms with E-state index < -0.39 is 0 Å². The first kappa shape index (κ1) is 24.0. The molecule has 0 radical (unpaired) electrons. The first-order chi connectivity index (χ1) is 11.7. The van der Waals surface area contributed by atoms with Gasteiger partial charge in [0.25, 0.3) is 0 Å². The molecule has 0 aliphatic carbocycles. The molecule has 146 valence electrons. The second-order valence-corrected chi connectivity index (χ2v) is 8.61. The summed E-state index contributed by atoms with van der Waals surface area (Å²) in [5.74, 6) is 1.91. The number of unbranched alkanes of at least 4 members (excludes halogenated alkanes) is 12. The molecule has 0 aliphatic rings. The van der Waals surface area contributed by atoms with Gasteiger partial charge >= 0.3 is 0 Å². The zero-order chi connectivity index (χ0) is 17.9. The summed E-state index contributed by atoms with van der Waals surface area (Å²) < 4.78 is 0. The maximum absolute atomic E-state index is 2.48. The molecule has 0 saturated carbocycles. The Bertz CT molecular complexity index is 196. The molecule has 2 unspecified atom stereocenters.